The van der Waals surface area contributed by atoms with E-state index in [1.54, 1.807) is 12.1 Å². The number of aliphatic hydroxyl groups is 1. The summed E-state index contributed by atoms with van der Waals surface area (Å²) in [6.45, 7) is 4.78. The van der Waals surface area contributed by atoms with E-state index in [4.69, 9.17) is 10.2 Å². The molecule has 0 aliphatic heterocycles. The van der Waals surface area contributed by atoms with E-state index in [-0.39, 0.29) is 11.5 Å². The molecule has 6 heteroatoms. The van der Waals surface area contributed by atoms with Gasteiger partial charge in [0.2, 0.25) is 10.0 Å². The molecule has 3 N–H and O–H groups in total. The van der Waals surface area contributed by atoms with Gasteiger partial charge in [-0.2, -0.15) is 0 Å². The van der Waals surface area contributed by atoms with Crippen molar-refractivity contribution < 1.29 is 13.5 Å². The highest BCUT2D eigenvalue weighted by Crippen LogP contribution is 2.21. The van der Waals surface area contributed by atoms with Crippen LogP contribution in [0.25, 0.3) is 0 Å². The molecule has 0 atom stereocenters. The Hall–Kier alpha value is -1.11. The van der Waals surface area contributed by atoms with Crippen LogP contribution in [0.2, 0.25) is 0 Å². The zero-order valence-electron chi connectivity index (χ0n) is 11.4. The summed E-state index contributed by atoms with van der Waals surface area (Å²) in [5.41, 5.74) is 0.898. The number of anilines is 1. The molecular weight excluding hydrogens is 264 g/mol. The number of hydrogen-bond donors (Lipinski definition) is 2. The highest BCUT2D eigenvalue weighted by molar-refractivity contribution is 7.89. The number of hydrogen-bond acceptors (Lipinski definition) is 4. The first-order valence-corrected chi connectivity index (χ1v) is 7.99. The average Bonchev–Trinajstić information content (AvgIpc) is 2.38. The first-order valence-electron chi connectivity index (χ1n) is 6.44. The van der Waals surface area contributed by atoms with Crippen LogP contribution in [0.5, 0.6) is 0 Å². The van der Waals surface area contributed by atoms with E-state index in [1.165, 1.54) is 12.1 Å². The number of nitrogens with two attached hydrogens (primary N) is 1. The van der Waals surface area contributed by atoms with Gasteiger partial charge in [-0.05, 0) is 37.1 Å². The van der Waals surface area contributed by atoms with Crippen molar-refractivity contribution in [3.05, 3.63) is 24.3 Å². The number of nitrogens with zero attached hydrogens (tertiary/aromatic N) is 1. The molecule has 0 aromatic heterocycles. The van der Waals surface area contributed by atoms with Crippen LogP contribution in [0.4, 0.5) is 5.69 Å². The molecule has 5 nitrogen and oxygen atoms in total. The van der Waals surface area contributed by atoms with Gasteiger partial charge in [0, 0.05) is 18.3 Å². The van der Waals surface area contributed by atoms with E-state index in [0.717, 1.165) is 18.5 Å². The van der Waals surface area contributed by atoms with Gasteiger partial charge in [-0.3, -0.25) is 0 Å². The van der Waals surface area contributed by atoms with Crippen LogP contribution in [-0.2, 0) is 10.0 Å². The van der Waals surface area contributed by atoms with Crippen LogP contribution in [-0.4, -0.2) is 32.7 Å². The van der Waals surface area contributed by atoms with Crippen molar-refractivity contribution >= 4 is 15.7 Å². The minimum Gasteiger partial charge on any atom is -0.395 e. The van der Waals surface area contributed by atoms with Gasteiger partial charge in [-0.1, -0.05) is 13.8 Å². The largest absolute Gasteiger partial charge is 0.395 e. The molecule has 1 aromatic carbocycles. The third-order valence-corrected chi connectivity index (χ3v) is 4.15. The highest BCUT2D eigenvalue weighted by Gasteiger charge is 2.16. The molecule has 0 radical (unpaired) electrons. The quantitative estimate of drug-likeness (QED) is 0.792. The van der Waals surface area contributed by atoms with Crippen LogP contribution >= 0.6 is 0 Å². The molecule has 0 saturated heterocycles. The molecule has 19 heavy (non-hydrogen) atoms. The fraction of sp³-hybridized carbons (Fsp3) is 0.538. The van der Waals surface area contributed by atoms with Crippen LogP contribution in [0.3, 0.4) is 0 Å². The summed E-state index contributed by atoms with van der Waals surface area (Å²) in [5.74, 6) is 0. The molecule has 1 aromatic rings. The van der Waals surface area contributed by atoms with Crippen molar-refractivity contribution in [2.45, 2.75) is 37.6 Å². The molecule has 108 valence electrons. The maximum Gasteiger partial charge on any atom is 0.238 e. The topological polar surface area (TPSA) is 83.6 Å². The molecular formula is C13H22N2O3S. The molecule has 0 spiro atoms. The van der Waals surface area contributed by atoms with Crippen molar-refractivity contribution in [3.8, 4) is 0 Å². The summed E-state index contributed by atoms with van der Waals surface area (Å²) in [6.07, 6.45) is 1.93. The first-order chi connectivity index (χ1) is 8.93. The second-order valence-electron chi connectivity index (χ2n) is 4.43. The van der Waals surface area contributed by atoms with Gasteiger partial charge in [0.05, 0.1) is 11.5 Å². The number of sulfonamides is 1. The molecule has 0 saturated carbocycles. The standard InChI is InChI=1S/C13H22N2O3S/c1-3-11(4-2)15(9-10-16)12-5-7-13(8-6-12)19(14,17)18/h5-8,11,16H,3-4,9-10H2,1-2H3,(H2,14,17,18). The van der Waals surface area contributed by atoms with Crippen molar-refractivity contribution in [3.63, 3.8) is 0 Å². The zero-order valence-corrected chi connectivity index (χ0v) is 12.2. The Morgan fingerprint density at radius 1 is 1.21 bits per heavy atom. The highest BCUT2D eigenvalue weighted by atomic mass is 32.2. The fourth-order valence-electron chi connectivity index (χ4n) is 2.19. The van der Waals surface area contributed by atoms with E-state index in [9.17, 15) is 8.42 Å². The Bertz CT molecular complexity index is 481. The van der Waals surface area contributed by atoms with Crippen LogP contribution in [0.1, 0.15) is 26.7 Å². The average molecular weight is 286 g/mol. The summed E-state index contributed by atoms with van der Waals surface area (Å²) in [5, 5.41) is 14.2. The Labute approximate surface area is 115 Å². The lowest BCUT2D eigenvalue weighted by atomic mass is 10.1. The third-order valence-electron chi connectivity index (χ3n) is 3.22. The Morgan fingerprint density at radius 3 is 2.11 bits per heavy atom. The van der Waals surface area contributed by atoms with Crippen LogP contribution < -0.4 is 10.0 Å². The summed E-state index contributed by atoms with van der Waals surface area (Å²) in [6, 6.07) is 6.78. The van der Waals surface area contributed by atoms with Gasteiger partial charge in [0.15, 0.2) is 0 Å². The predicted octanol–water partition coefficient (Wildman–Crippen LogP) is 1.32. The lowest BCUT2D eigenvalue weighted by Gasteiger charge is -2.32. The van der Waals surface area contributed by atoms with Gasteiger partial charge in [-0.25, -0.2) is 13.6 Å². The maximum atomic E-state index is 11.2. The monoisotopic (exact) mass is 286 g/mol. The van der Waals surface area contributed by atoms with Crippen LogP contribution in [0.15, 0.2) is 29.2 Å². The summed E-state index contributed by atoms with van der Waals surface area (Å²) < 4.78 is 22.4. The third kappa shape index (κ3) is 4.19. The van der Waals surface area contributed by atoms with E-state index in [0.29, 0.717) is 12.6 Å². The number of primary sulfonamides is 1. The second kappa shape index (κ2) is 6.88. The Balaban J connectivity index is 3.04. The second-order valence-corrected chi connectivity index (χ2v) is 5.99. The van der Waals surface area contributed by atoms with Crippen molar-refractivity contribution in [2.24, 2.45) is 5.14 Å². The number of aliphatic hydroxyl groups excluding tert-OH is 1. The molecule has 0 aliphatic rings. The van der Waals surface area contributed by atoms with Crippen molar-refractivity contribution in [1.82, 2.24) is 0 Å². The molecule has 0 unspecified atom stereocenters. The number of benzene rings is 1. The molecule has 0 fully saturated rings. The molecule has 0 amide bonds. The SMILES string of the molecule is CCC(CC)N(CCO)c1ccc(S(N)(=O)=O)cc1. The minimum atomic E-state index is -3.66. The van der Waals surface area contributed by atoms with Crippen LogP contribution in [0, 0.1) is 0 Å². The van der Waals surface area contributed by atoms with E-state index >= 15 is 0 Å². The first kappa shape index (κ1) is 15.9. The zero-order chi connectivity index (χ0) is 14.5. The lowest BCUT2D eigenvalue weighted by molar-refractivity contribution is 0.296. The van der Waals surface area contributed by atoms with Gasteiger partial charge >= 0.3 is 0 Å². The Morgan fingerprint density at radius 2 is 1.74 bits per heavy atom. The van der Waals surface area contributed by atoms with E-state index in [1.807, 2.05) is 0 Å². The summed E-state index contributed by atoms with van der Waals surface area (Å²) in [4.78, 5) is 2.19. The molecule has 0 bridgehead atoms. The normalized spacial score (nSPS) is 11.8. The summed E-state index contributed by atoms with van der Waals surface area (Å²) in [7, 11) is -3.66. The fourth-order valence-corrected chi connectivity index (χ4v) is 2.70. The van der Waals surface area contributed by atoms with Gasteiger partial charge < -0.3 is 10.0 Å². The number of rotatable bonds is 7. The van der Waals surface area contributed by atoms with E-state index < -0.39 is 10.0 Å². The van der Waals surface area contributed by atoms with Crippen molar-refractivity contribution in [2.75, 3.05) is 18.1 Å². The van der Waals surface area contributed by atoms with Crippen molar-refractivity contribution in [1.29, 1.82) is 0 Å². The lowest BCUT2D eigenvalue weighted by Crippen LogP contribution is -2.36. The van der Waals surface area contributed by atoms with Gasteiger partial charge in [0.1, 0.15) is 0 Å². The van der Waals surface area contributed by atoms with E-state index in [2.05, 4.69) is 18.7 Å². The predicted molar refractivity (Wildman–Crippen MR) is 76.6 cm³/mol. The minimum absolute atomic E-state index is 0.0629. The van der Waals surface area contributed by atoms with Gasteiger partial charge in [0.25, 0.3) is 0 Å². The van der Waals surface area contributed by atoms with Gasteiger partial charge in [-0.15, -0.1) is 0 Å². The molecule has 0 aliphatic carbocycles. The Kier molecular flexibility index (Phi) is 5.78. The summed E-state index contributed by atoms with van der Waals surface area (Å²) >= 11 is 0. The smallest absolute Gasteiger partial charge is 0.238 e. The maximum absolute atomic E-state index is 11.2. The molecule has 0 heterocycles. The molecule has 1 rings (SSSR count).